The van der Waals surface area contributed by atoms with Gasteiger partial charge >= 0.3 is 65.4 Å². The molecule has 0 aromatic carbocycles. The van der Waals surface area contributed by atoms with Crippen LogP contribution in [0.1, 0.15) is 133 Å². The molecule has 6 aliphatic rings. The number of carbonyl (C=O) groups is 7. The zero-order valence-corrected chi connectivity index (χ0v) is 44.9. The van der Waals surface area contributed by atoms with Crippen molar-refractivity contribution in [1.82, 2.24) is 0 Å². The molecular formula is C52H75N2NaO14. The van der Waals surface area contributed by atoms with Crippen LogP contribution in [0.4, 0.5) is 0 Å². The standard InChI is InChI=1S/C17H23NO4.C16H22O4.C9H12O.C7H12O4.C2H6O.CN.Na/c1-4-11-7-12-9-17(10-18,13(12)8-11)14(15(19)21-5-2)16(20)22-6-3;1-4-10-7-11-9-13(12(11)8-10)14(15(17)19-5-2)16(18)20-6-3;1-2-6-3-7-5-9(10)8(7)4-6;1-3-10-6(8)5-7(9)11-4-2;1-2-3;1-2;/h8,12-14H,4-7,9H2,1-3H3;8,11-12H,4-7,9H2,1-3H3;4,7-8H,2-3,5H2,1H3;3-5H2,1-2H3;3H,2H2,1H3;;/q;;;;;-1;+1/t12-,13-,17-;11-,12-;7-,8-;;;;/m111..../s1. The van der Waals surface area contributed by atoms with Crippen LogP contribution in [0, 0.1) is 70.0 Å². The average molecular weight is 975 g/mol. The number of carbonyl (C=O) groups excluding carboxylic acids is 7. The molecule has 0 amide bonds. The molecular weight excluding hydrogens is 900 g/mol. The second-order valence-corrected chi connectivity index (χ2v) is 16.6. The van der Waals surface area contributed by atoms with Gasteiger partial charge in [-0.25, -0.2) is 9.59 Å². The van der Waals surface area contributed by atoms with E-state index >= 15 is 0 Å². The summed E-state index contributed by atoms with van der Waals surface area (Å²) in [5.74, 6) is -1.97. The summed E-state index contributed by atoms with van der Waals surface area (Å²) < 4.78 is 29.2. The van der Waals surface area contributed by atoms with Gasteiger partial charge in [0.15, 0.2) is 5.92 Å². The van der Waals surface area contributed by atoms with E-state index in [2.05, 4.69) is 54.5 Å². The Morgan fingerprint density at radius 1 is 0.623 bits per heavy atom. The largest absolute Gasteiger partial charge is 1.00 e. The van der Waals surface area contributed by atoms with Crippen molar-refractivity contribution in [1.29, 1.82) is 10.5 Å². The fraction of sp³-hybridized carbons (Fsp3) is 0.673. The third kappa shape index (κ3) is 17.9. The molecule has 0 unspecified atom stereocenters. The van der Waals surface area contributed by atoms with Gasteiger partial charge in [-0.15, -0.1) is 0 Å². The van der Waals surface area contributed by atoms with Crippen LogP contribution in [0.15, 0.2) is 46.1 Å². The first-order chi connectivity index (χ1) is 32.6. The maximum atomic E-state index is 12.3. The fourth-order valence-electron chi connectivity index (χ4n) is 9.39. The molecule has 1 N–H and O–H groups in total. The summed E-state index contributed by atoms with van der Waals surface area (Å²) in [6.45, 7) is 24.7. The number of nitriles is 1. The molecule has 3 saturated carbocycles. The maximum Gasteiger partial charge on any atom is 1.00 e. The van der Waals surface area contributed by atoms with Crippen LogP contribution in [-0.2, 0) is 62.0 Å². The summed E-state index contributed by atoms with van der Waals surface area (Å²) in [7, 11) is 0. The molecule has 7 atom stereocenters. The topological polar surface area (TPSA) is 243 Å². The van der Waals surface area contributed by atoms with Gasteiger partial charge in [0.25, 0.3) is 0 Å². The molecule has 0 radical (unpaired) electrons. The Kier molecular flexibility index (Phi) is 31.6. The zero-order valence-electron chi connectivity index (χ0n) is 42.9. The van der Waals surface area contributed by atoms with Crippen LogP contribution in [0.2, 0.25) is 0 Å². The van der Waals surface area contributed by atoms with E-state index in [9.17, 15) is 38.8 Å². The summed E-state index contributed by atoms with van der Waals surface area (Å²) in [6, 6.07) is 2.26. The SMILES string of the molecule is CCC1=C[C@H]2C(=O)C[C@H]2C1.CCO.CCOC(=O)C(C(=O)OCC)=C1C[C@H]2CC(CC)=C[C@@H]12.CCOC(=O)C(C(=O)OCC)[C@@]1(C#N)C[C@H]2CC(CC)=C[C@H]21.CCOC(=O)CC(=O)OCC.[C-]#N.[Na+]. The number of rotatable bonds is 16. The minimum absolute atomic E-state index is 0. The quantitative estimate of drug-likeness (QED) is 0.0315. The normalized spacial score (nSPS) is 23.2. The van der Waals surface area contributed by atoms with Gasteiger partial charge in [0.05, 0.1) is 51.1 Å². The van der Waals surface area contributed by atoms with E-state index in [4.69, 9.17) is 35.9 Å². The summed E-state index contributed by atoms with van der Waals surface area (Å²) in [5, 5.41) is 23.6. The minimum atomic E-state index is -1.15. The average Bonchev–Trinajstić information content (AvgIpc) is 3.95. The van der Waals surface area contributed by atoms with Crippen molar-refractivity contribution in [2.75, 3.05) is 46.2 Å². The van der Waals surface area contributed by atoms with E-state index in [0.29, 0.717) is 35.9 Å². The van der Waals surface area contributed by atoms with Crippen LogP contribution in [0.5, 0.6) is 0 Å². The predicted octanol–water partition coefficient (Wildman–Crippen LogP) is 4.93. The Bertz CT molecular complexity index is 1880. The molecule has 6 rings (SSSR count). The van der Waals surface area contributed by atoms with Crippen LogP contribution in [-0.4, -0.2) is 93.0 Å². The van der Waals surface area contributed by atoms with Crippen molar-refractivity contribution in [2.24, 2.45) is 46.8 Å². The van der Waals surface area contributed by atoms with Crippen LogP contribution >= 0.6 is 0 Å². The second-order valence-electron chi connectivity index (χ2n) is 16.6. The molecule has 3 fully saturated rings. The first-order valence-corrected chi connectivity index (χ1v) is 24.2. The van der Waals surface area contributed by atoms with E-state index in [1.54, 1.807) is 48.5 Å². The molecule has 0 heterocycles. The second kappa shape index (κ2) is 33.8. The van der Waals surface area contributed by atoms with Crippen molar-refractivity contribution in [3.63, 3.8) is 0 Å². The molecule has 6 aliphatic carbocycles. The summed E-state index contributed by atoms with van der Waals surface area (Å²) in [6.07, 6.45) is 14.8. The molecule has 0 aromatic heterocycles. The molecule has 378 valence electrons. The van der Waals surface area contributed by atoms with E-state index in [1.807, 2.05) is 0 Å². The first-order valence-electron chi connectivity index (χ1n) is 24.2. The van der Waals surface area contributed by atoms with Crippen LogP contribution < -0.4 is 29.6 Å². The molecule has 17 heteroatoms. The molecule has 0 spiro atoms. The van der Waals surface area contributed by atoms with Crippen molar-refractivity contribution in [3.05, 3.63) is 52.7 Å². The molecule has 0 saturated heterocycles. The van der Waals surface area contributed by atoms with Gasteiger partial charge in [-0.05, 0) is 123 Å². The zero-order chi connectivity index (χ0) is 51.6. The maximum absolute atomic E-state index is 12.3. The Balaban J connectivity index is 0.000000899. The summed E-state index contributed by atoms with van der Waals surface area (Å²) >= 11 is 0. The fourth-order valence-corrected chi connectivity index (χ4v) is 9.39. The number of allylic oxidation sites excluding steroid dienone is 7. The molecule has 0 bridgehead atoms. The van der Waals surface area contributed by atoms with E-state index in [0.717, 1.165) is 50.5 Å². The third-order valence-corrected chi connectivity index (χ3v) is 12.6. The van der Waals surface area contributed by atoms with Crippen molar-refractivity contribution >= 4 is 41.6 Å². The Hall–Kier alpha value is -4.61. The number of fused-ring (bicyclic) bond motifs is 3. The number of hydrogen-bond acceptors (Lipinski definition) is 16. The number of hydrogen-bond donors (Lipinski definition) is 1. The van der Waals surface area contributed by atoms with Crippen LogP contribution in [0.3, 0.4) is 0 Å². The Morgan fingerprint density at radius 2 is 1.01 bits per heavy atom. The molecule has 0 aliphatic heterocycles. The first kappa shape index (κ1) is 64.4. The number of nitrogens with zero attached hydrogens (tertiary/aromatic N) is 2. The van der Waals surface area contributed by atoms with E-state index in [-0.39, 0.29) is 99.6 Å². The number of Topliss-reactive ketones (excluding diaryl/α,β-unsaturated/α-hetero) is 1. The number of ketones is 1. The summed E-state index contributed by atoms with van der Waals surface area (Å²) in [4.78, 5) is 80.8. The number of esters is 6. The van der Waals surface area contributed by atoms with E-state index in [1.165, 1.54) is 23.1 Å². The van der Waals surface area contributed by atoms with Crippen molar-refractivity contribution in [3.8, 4) is 6.07 Å². The molecule has 69 heavy (non-hydrogen) atoms. The van der Waals surface area contributed by atoms with Crippen LogP contribution in [0.25, 0.3) is 0 Å². The smallest absolute Gasteiger partial charge is 0.512 e. The van der Waals surface area contributed by atoms with Crippen molar-refractivity contribution in [2.45, 2.75) is 133 Å². The number of aliphatic hydroxyl groups excluding tert-OH is 1. The number of ether oxygens (including phenoxy) is 6. The predicted molar refractivity (Wildman–Crippen MR) is 249 cm³/mol. The van der Waals surface area contributed by atoms with E-state index < -0.39 is 47.1 Å². The van der Waals surface area contributed by atoms with Gasteiger partial charge in [-0.2, -0.15) is 5.26 Å². The van der Waals surface area contributed by atoms with Gasteiger partial charge < -0.3 is 45.4 Å². The van der Waals surface area contributed by atoms with Gasteiger partial charge in [0.1, 0.15) is 17.8 Å². The van der Waals surface area contributed by atoms with Gasteiger partial charge in [-0.3, -0.25) is 24.0 Å². The van der Waals surface area contributed by atoms with Crippen molar-refractivity contribution < 1.29 is 96.6 Å². The number of aliphatic hydroxyl groups is 1. The monoisotopic (exact) mass is 975 g/mol. The van der Waals surface area contributed by atoms with Gasteiger partial charge in [-0.1, -0.05) is 55.7 Å². The minimum Gasteiger partial charge on any atom is -0.512 e. The molecule has 16 nitrogen and oxygen atoms in total. The van der Waals surface area contributed by atoms with Gasteiger partial charge in [0, 0.05) is 30.8 Å². The van der Waals surface area contributed by atoms with Gasteiger partial charge in [0.2, 0.25) is 0 Å². The summed E-state index contributed by atoms with van der Waals surface area (Å²) in [5.41, 5.74) is 4.24. The molecule has 0 aromatic rings. The Labute approximate surface area is 431 Å². The third-order valence-electron chi connectivity index (χ3n) is 12.6. The Morgan fingerprint density at radius 3 is 1.39 bits per heavy atom.